The number of aryl methyl sites for hydroxylation is 3. The van der Waals surface area contributed by atoms with E-state index in [4.69, 9.17) is 5.11 Å². The minimum absolute atomic E-state index is 0.0133. The van der Waals surface area contributed by atoms with Gasteiger partial charge in [0, 0.05) is 5.69 Å². The van der Waals surface area contributed by atoms with Crippen molar-refractivity contribution in [1.29, 1.82) is 0 Å². The van der Waals surface area contributed by atoms with Gasteiger partial charge >= 0.3 is 5.97 Å². The number of carboxylic acids is 1. The molecule has 0 amide bonds. The van der Waals surface area contributed by atoms with Crippen LogP contribution in [0.5, 0.6) is 0 Å². The Morgan fingerprint density at radius 1 is 1.33 bits per heavy atom. The van der Waals surface area contributed by atoms with Gasteiger partial charge in [-0.15, -0.1) is 0 Å². The summed E-state index contributed by atoms with van der Waals surface area (Å²) in [6.45, 7) is 5.75. The number of nitrogens with zero attached hydrogens (tertiary/aromatic N) is 2. The van der Waals surface area contributed by atoms with Gasteiger partial charge in [-0.3, -0.25) is 4.79 Å². The van der Waals surface area contributed by atoms with Crippen LogP contribution >= 0.6 is 0 Å². The molecule has 0 aliphatic carbocycles. The number of hydrogen-bond acceptors (Lipinski definition) is 2. The van der Waals surface area contributed by atoms with Crippen LogP contribution in [0.15, 0.2) is 24.3 Å². The molecule has 4 heteroatoms. The smallest absolute Gasteiger partial charge is 0.309 e. The second-order valence-corrected chi connectivity index (χ2v) is 4.44. The van der Waals surface area contributed by atoms with E-state index < -0.39 is 5.97 Å². The van der Waals surface area contributed by atoms with Gasteiger partial charge in [0.1, 0.15) is 5.82 Å². The molecule has 0 spiro atoms. The van der Waals surface area contributed by atoms with Crippen molar-refractivity contribution in [3.05, 3.63) is 47.0 Å². The summed E-state index contributed by atoms with van der Waals surface area (Å²) in [5, 5.41) is 8.99. The molecule has 0 aliphatic rings. The Balaban J connectivity index is 2.59. The molecule has 0 radical (unpaired) electrons. The van der Waals surface area contributed by atoms with E-state index in [1.165, 1.54) is 0 Å². The minimum Gasteiger partial charge on any atom is -0.481 e. The van der Waals surface area contributed by atoms with Crippen molar-refractivity contribution in [3.8, 4) is 5.69 Å². The lowest BCUT2D eigenvalue weighted by Gasteiger charge is -2.10. The molecular weight excluding hydrogens is 228 g/mol. The van der Waals surface area contributed by atoms with Crippen molar-refractivity contribution in [1.82, 2.24) is 9.55 Å². The summed E-state index contributed by atoms with van der Waals surface area (Å²) in [6, 6.07) is 7.97. The Bertz CT molecular complexity index is 600. The van der Waals surface area contributed by atoms with Gasteiger partial charge in [0.05, 0.1) is 17.8 Å². The first-order valence-electron chi connectivity index (χ1n) is 5.82. The molecule has 0 unspecified atom stereocenters. The van der Waals surface area contributed by atoms with Crippen LogP contribution in [0.2, 0.25) is 0 Å². The normalized spacial score (nSPS) is 10.6. The molecule has 0 aliphatic heterocycles. The zero-order valence-corrected chi connectivity index (χ0v) is 10.8. The maximum absolute atomic E-state index is 10.9. The molecule has 1 aromatic carbocycles. The Morgan fingerprint density at radius 2 is 2.06 bits per heavy atom. The molecule has 0 atom stereocenters. The van der Waals surface area contributed by atoms with Gasteiger partial charge in [0.15, 0.2) is 0 Å². The van der Waals surface area contributed by atoms with Crippen molar-refractivity contribution in [2.24, 2.45) is 0 Å². The van der Waals surface area contributed by atoms with Crippen LogP contribution in [0.4, 0.5) is 0 Å². The third-order valence-electron chi connectivity index (χ3n) is 2.92. The molecule has 1 heterocycles. The van der Waals surface area contributed by atoms with Crippen LogP contribution in [0.3, 0.4) is 0 Å². The summed E-state index contributed by atoms with van der Waals surface area (Å²) in [5.74, 6) is -0.0266. The van der Waals surface area contributed by atoms with E-state index in [9.17, 15) is 4.79 Å². The highest BCUT2D eigenvalue weighted by Crippen LogP contribution is 2.19. The first kappa shape index (κ1) is 12.4. The largest absolute Gasteiger partial charge is 0.481 e. The van der Waals surface area contributed by atoms with Crippen LogP contribution in [-0.2, 0) is 11.2 Å². The monoisotopic (exact) mass is 244 g/mol. The van der Waals surface area contributed by atoms with Gasteiger partial charge in [-0.05, 0) is 38.5 Å². The van der Waals surface area contributed by atoms with Gasteiger partial charge in [0.2, 0.25) is 0 Å². The maximum atomic E-state index is 10.9. The summed E-state index contributed by atoms with van der Waals surface area (Å²) in [7, 11) is 0. The molecule has 2 rings (SSSR count). The van der Waals surface area contributed by atoms with Crippen molar-refractivity contribution in [2.75, 3.05) is 0 Å². The second-order valence-electron chi connectivity index (χ2n) is 4.44. The average molecular weight is 244 g/mol. The number of benzene rings is 1. The summed E-state index contributed by atoms with van der Waals surface area (Å²) < 4.78 is 1.91. The number of aliphatic carboxylic acids is 1. The standard InChI is InChI=1S/C14H16N2O2/c1-9-5-4-6-12(7-9)16-11(3)15-10(2)13(16)8-14(17)18/h4-7H,8H2,1-3H3,(H,17,18). The highest BCUT2D eigenvalue weighted by Gasteiger charge is 2.15. The van der Waals surface area contributed by atoms with Crippen molar-refractivity contribution < 1.29 is 9.90 Å². The Morgan fingerprint density at radius 3 is 2.67 bits per heavy atom. The lowest BCUT2D eigenvalue weighted by atomic mass is 10.2. The van der Waals surface area contributed by atoms with Crippen LogP contribution in [0.1, 0.15) is 22.8 Å². The summed E-state index contributed by atoms with van der Waals surface area (Å²) >= 11 is 0. The Hall–Kier alpha value is -2.10. The molecule has 1 aromatic heterocycles. The van der Waals surface area contributed by atoms with E-state index in [1.807, 2.05) is 49.6 Å². The lowest BCUT2D eigenvalue weighted by Crippen LogP contribution is -2.09. The predicted molar refractivity (Wildman–Crippen MR) is 69.1 cm³/mol. The molecule has 94 valence electrons. The Kier molecular flexibility index (Phi) is 3.19. The zero-order valence-electron chi connectivity index (χ0n) is 10.8. The first-order valence-corrected chi connectivity index (χ1v) is 5.82. The lowest BCUT2D eigenvalue weighted by molar-refractivity contribution is -0.136. The van der Waals surface area contributed by atoms with E-state index in [2.05, 4.69) is 4.98 Å². The molecule has 0 bridgehead atoms. The van der Waals surface area contributed by atoms with E-state index in [-0.39, 0.29) is 6.42 Å². The number of carboxylic acid groups (broad SMARTS) is 1. The van der Waals surface area contributed by atoms with E-state index in [1.54, 1.807) is 0 Å². The number of aromatic nitrogens is 2. The van der Waals surface area contributed by atoms with E-state index in [0.29, 0.717) is 0 Å². The third kappa shape index (κ3) is 2.27. The highest BCUT2D eigenvalue weighted by molar-refractivity contribution is 5.70. The molecule has 0 saturated heterocycles. The average Bonchev–Trinajstić information content (AvgIpc) is 2.53. The van der Waals surface area contributed by atoms with E-state index in [0.717, 1.165) is 28.5 Å². The van der Waals surface area contributed by atoms with Crippen molar-refractivity contribution in [3.63, 3.8) is 0 Å². The van der Waals surface area contributed by atoms with Crippen molar-refractivity contribution >= 4 is 5.97 Å². The topological polar surface area (TPSA) is 55.1 Å². The zero-order chi connectivity index (χ0) is 13.3. The molecule has 18 heavy (non-hydrogen) atoms. The number of carbonyl (C=O) groups is 1. The number of imidazole rings is 1. The first-order chi connectivity index (χ1) is 8.49. The molecule has 2 aromatic rings. The quantitative estimate of drug-likeness (QED) is 0.902. The fourth-order valence-electron chi connectivity index (χ4n) is 2.17. The van der Waals surface area contributed by atoms with Gasteiger partial charge in [0.25, 0.3) is 0 Å². The van der Waals surface area contributed by atoms with E-state index >= 15 is 0 Å². The SMILES string of the molecule is Cc1cccc(-n2c(C)nc(C)c2CC(=O)O)c1. The fourth-order valence-corrected chi connectivity index (χ4v) is 2.17. The minimum atomic E-state index is -0.841. The van der Waals surface area contributed by atoms with Crippen LogP contribution in [0, 0.1) is 20.8 Å². The van der Waals surface area contributed by atoms with Gasteiger partial charge < -0.3 is 9.67 Å². The molecule has 4 nitrogen and oxygen atoms in total. The summed E-state index contributed by atoms with van der Waals surface area (Å²) in [4.78, 5) is 15.3. The Labute approximate surface area is 106 Å². The maximum Gasteiger partial charge on any atom is 0.309 e. The van der Waals surface area contributed by atoms with Gasteiger partial charge in [-0.2, -0.15) is 0 Å². The summed E-state index contributed by atoms with van der Waals surface area (Å²) in [5.41, 5.74) is 3.62. The van der Waals surface area contributed by atoms with Crippen LogP contribution < -0.4 is 0 Å². The predicted octanol–water partition coefficient (Wildman–Crippen LogP) is 2.42. The highest BCUT2D eigenvalue weighted by atomic mass is 16.4. The summed E-state index contributed by atoms with van der Waals surface area (Å²) in [6.07, 6.45) is -0.0133. The number of hydrogen-bond donors (Lipinski definition) is 1. The van der Waals surface area contributed by atoms with Crippen molar-refractivity contribution in [2.45, 2.75) is 27.2 Å². The fraction of sp³-hybridized carbons (Fsp3) is 0.286. The molecular formula is C14H16N2O2. The number of rotatable bonds is 3. The molecule has 0 saturated carbocycles. The van der Waals surface area contributed by atoms with Crippen LogP contribution in [-0.4, -0.2) is 20.6 Å². The van der Waals surface area contributed by atoms with Gasteiger partial charge in [-0.1, -0.05) is 12.1 Å². The van der Waals surface area contributed by atoms with Crippen LogP contribution in [0.25, 0.3) is 5.69 Å². The van der Waals surface area contributed by atoms with Gasteiger partial charge in [-0.25, -0.2) is 4.98 Å². The molecule has 0 fully saturated rings. The third-order valence-corrected chi connectivity index (χ3v) is 2.92. The molecule has 1 N–H and O–H groups in total. The second kappa shape index (κ2) is 4.64.